The summed E-state index contributed by atoms with van der Waals surface area (Å²) in [5, 5.41) is 13.7. The fourth-order valence-corrected chi connectivity index (χ4v) is 3.76. The number of anilines is 3. The van der Waals surface area contributed by atoms with Gasteiger partial charge in [-0.3, -0.25) is 15.4 Å². The van der Waals surface area contributed by atoms with E-state index in [1.54, 1.807) is 36.2 Å². The first kappa shape index (κ1) is 21.4. The number of aromatic nitrogens is 2. The van der Waals surface area contributed by atoms with Crippen LogP contribution in [0.2, 0.25) is 5.02 Å². The van der Waals surface area contributed by atoms with E-state index >= 15 is 0 Å². The SMILES string of the molecule is CN(c1ccc2nc(NC(=O)Oc3ccc([N+](=O)[O-])cc3)sc2n1)c1ccc(Cl)cc1F. The summed E-state index contributed by atoms with van der Waals surface area (Å²) < 4.78 is 19.3. The minimum absolute atomic E-state index is 0.116. The summed E-state index contributed by atoms with van der Waals surface area (Å²) in [6, 6.07) is 12.8. The van der Waals surface area contributed by atoms with Crippen LogP contribution in [0.3, 0.4) is 0 Å². The Bertz CT molecular complexity index is 1330. The first-order valence-corrected chi connectivity index (χ1v) is 10.2. The second-order valence-electron chi connectivity index (χ2n) is 6.43. The predicted octanol–water partition coefficient (Wildman–Crippen LogP) is 5.77. The van der Waals surface area contributed by atoms with Crippen molar-refractivity contribution in [1.82, 2.24) is 9.97 Å². The molecular formula is C20H13ClFN5O4S. The Labute approximate surface area is 189 Å². The van der Waals surface area contributed by atoms with Gasteiger partial charge < -0.3 is 9.64 Å². The van der Waals surface area contributed by atoms with Crippen molar-refractivity contribution in [3.8, 4) is 5.75 Å². The Morgan fingerprint density at radius 1 is 1.19 bits per heavy atom. The maximum absolute atomic E-state index is 14.2. The van der Waals surface area contributed by atoms with Crippen molar-refractivity contribution in [3.63, 3.8) is 0 Å². The molecule has 0 aliphatic rings. The van der Waals surface area contributed by atoms with E-state index in [9.17, 15) is 19.3 Å². The lowest BCUT2D eigenvalue weighted by atomic mass is 10.2. The normalized spacial score (nSPS) is 10.7. The van der Waals surface area contributed by atoms with Crippen LogP contribution in [0.25, 0.3) is 10.3 Å². The number of hydrogen-bond donors (Lipinski definition) is 1. The summed E-state index contributed by atoms with van der Waals surface area (Å²) in [4.78, 5) is 33.1. The second kappa shape index (κ2) is 8.73. The number of non-ortho nitro benzene ring substituents is 1. The average Bonchev–Trinajstić information content (AvgIpc) is 3.14. The van der Waals surface area contributed by atoms with Crippen molar-refractivity contribution >= 4 is 61.7 Å². The number of rotatable bonds is 5. The van der Waals surface area contributed by atoms with Crippen molar-refractivity contribution in [1.29, 1.82) is 0 Å². The van der Waals surface area contributed by atoms with Crippen molar-refractivity contribution in [2.45, 2.75) is 0 Å². The first-order chi connectivity index (χ1) is 15.3. The lowest BCUT2D eigenvalue weighted by Gasteiger charge is -2.18. The number of carbonyl (C=O) groups excluding carboxylic acids is 1. The Morgan fingerprint density at radius 3 is 2.62 bits per heavy atom. The Balaban J connectivity index is 1.48. The molecule has 0 fully saturated rings. The van der Waals surface area contributed by atoms with Gasteiger partial charge >= 0.3 is 6.09 Å². The molecule has 4 aromatic rings. The van der Waals surface area contributed by atoms with Crippen LogP contribution in [0, 0.1) is 15.9 Å². The minimum atomic E-state index is -0.807. The zero-order valence-corrected chi connectivity index (χ0v) is 17.9. The summed E-state index contributed by atoms with van der Waals surface area (Å²) in [7, 11) is 1.67. The molecule has 0 atom stereocenters. The van der Waals surface area contributed by atoms with Crippen LogP contribution >= 0.6 is 22.9 Å². The van der Waals surface area contributed by atoms with Crippen LogP contribution in [0.1, 0.15) is 0 Å². The van der Waals surface area contributed by atoms with Gasteiger partial charge in [0.1, 0.15) is 27.7 Å². The zero-order valence-electron chi connectivity index (χ0n) is 16.3. The molecule has 2 aromatic carbocycles. The largest absolute Gasteiger partial charge is 0.418 e. The number of carbonyl (C=O) groups is 1. The molecule has 162 valence electrons. The number of nitro benzene ring substituents is 1. The number of pyridine rings is 1. The van der Waals surface area contributed by atoms with Gasteiger partial charge in [-0.2, -0.15) is 0 Å². The van der Waals surface area contributed by atoms with E-state index in [-0.39, 0.29) is 16.6 Å². The molecule has 9 nitrogen and oxygen atoms in total. The summed E-state index contributed by atoms with van der Waals surface area (Å²) in [6.45, 7) is 0. The third-order valence-electron chi connectivity index (χ3n) is 4.32. The predicted molar refractivity (Wildman–Crippen MR) is 120 cm³/mol. The van der Waals surface area contributed by atoms with Gasteiger partial charge in [-0.1, -0.05) is 22.9 Å². The molecule has 1 amide bonds. The standard InChI is InChI=1S/C20H13ClFN5O4S/c1-26(16-8-2-11(21)10-14(16)22)17-9-7-15-18(24-17)32-19(23-15)25-20(28)31-13-5-3-12(4-6-13)27(29)30/h2-10H,1H3,(H,23,25,28). The molecule has 1 N–H and O–H groups in total. The van der Waals surface area contributed by atoms with Crippen LogP contribution < -0.4 is 15.0 Å². The summed E-state index contributed by atoms with van der Waals surface area (Å²) in [6.07, 6.45) is -0.807. The number of hydrogen-bond acceptors (Lipinski definition) is 8. The highest BCUT2D eigenvalue weighted by molar-refractivity contribution is 7.21. The van der Waals surface area contributed by atoms with Gasteiger partial charge in [-0.25, -0.2) is 19.2 Å². The van der Waals surface area contributed by atoms with Crippen LogP contribution in [-0.2, 0) is 0 Å². The fourth-order valence-electron chi connectivity index (χ4n) is 2.78. The van der Waals surface area contributed by atoms with E-state index in [1.165, 1.54) is 30.3 Å². The van der Waals surface area contributed by atoms with E-state index in [2.05, 4.69) is 15.3 Å². The molecule has 0 spiro atoms. The van der Waals surface area contributed by atoms with E-state index < -0.39 is 16.8 Å². The van der Waals surface area contributed by atoms with Gasteiger partial charge in [0, 0.05) is 24.2 Å². The third kappa shape index (κ3) is 4.58. The summed E-state index contributed by atoms with van der Waals surface area (Å²) >= 11 is 6.92. The number of halogens is 2. The topological polar surface area (TPSA) is 110 Å². The summed E-state index contributed by atoms with van der Waals surface area (Å²) in [5.41, 5.74) is 0.722. The van der Waals surface area contributed by atoms with E-state index in [0.29, 0.717) is 26.9 Å². The maximum Gasteiger partial charge on any atom is 0.418 e. The number of nitrogens with one attached hydrogen (secondary N) is 1. The van der Waals surface area contributed by atoms with Crippen molar-refractivity contribution in [3.05, 3.63) is 75.6 Å². The van der Waals surface area contributed by atoms with Gasteiger partial charge in [-0.05, 0) is 42.5 Å². The van der Waals surface area contributed by atoms with Crippen molar-refractivity contribution in [2.75, 3.05) is 17.3 Å². The second-order valence-corrected chi connectivity index (χ2v) is 7.85. The number of nitro groups is 1. The number of ether oxygens (including phenoxy) is 1. The number of fused-ring (bicyclic) bond motifs is 1. The molecule has 0 saturated heterocycles. The number of thiazole rings is 1. The quantitative estimate of drug-likeness (QED) is 0.289. The maximum atomic E-state index is 14.2. The Morgan fingerprint density at radius 2 is 1.94 bits per heavy atom. The van der Waals surface area contributed by atoms with E-state index in [1.807, 2.05) is 0 Å². The molecule has 32 heavy (non-hydrogen) atoms. The number of benzene rings is 2. The van der Waals surface area contributed by atoms with E-state index in [0.717, 1.165) is 11.3 Å². The third-order valence-corrected chi connectivity index (χ3v) is 5.44. The van der Waals surface area contributed by atoms with Gasteiger partial charge in [0.05, 0.1) is 10.6 Å². The highest BCUT2D eigenvalue weighted by Gasteiger charge is 2.15. The molecule has 2 heterocycles. The van der Waals surface area contributed by atoms with Crippen LogP contribution in [0.5, 0.6) is 5.75 Å². The molecule has 0 unspecified atom stereocenters. The molecule has 0 saturated carbocycles. The molecule has 4 rings (SSSR count). The molecule has 2 aromatic heterocycles. The lowest BCUT2D eigenvalue weighted by Crippen LogP contribution is -2.16. The Kier molecular flexibility index (Phi) is 5.84. The molecule has 0 radical (unpaired) electrons. The monoisotopic (exact) mass is 473 g/mol. The molecule has 12 heteroatoms. The highest BCUT2D eigenvalue weighted by Crippen LogP contribution is 2.31. The number of nitrogens with zero attached hydrogens (tertiary/aromatic N) is 4. The average molecular weight is 474 g/mol. The Hall–Kier alpha value is -3.83. The van der Waals surface area contributed by atoms with Crippen LogP contribution in [-0.4, -0.2) is 28.0 Å². The molecular weight excluding hydrogens is 461 g/mol. The molecule has 0 aliphatic heterocycles. The fraction of sp³-hybridized carbons (Fsp3) is 0.0500. The van der Waals surface area contributed by atoms with Crippen molar-refractivity contribution < 1.29 is 18.8 Å². The first-order valence-electron chi connectivity index (χ1n) is 9.00. The zero-order chi connectivity index (χ0) is 22.8. The smallest absolute Gasteiger partial charge is 0.410 e. The van der Waals surface area contributed by atoms with Gasteiger partial charge in [0.25, 0.3) is 5.69 Å². The molecule has 0 aliphatic carbocycles. The molecule has 0 bridgehead atoms. The van der Waals surface area contributed by atoms with Crippen LogP contribution in [0.4, 0.5) is 31.5 Å². The van der Waals surface area contributed by atoms with Gasteiger partial charge in [0.2, 0.25) is 0 Å². The lowest BCUT2D eigenvalue weighted by molar-refractivity contribution is -0.384. The van der Waals surface area contributed by atoms with Crippen molar-refractivity contribution in [2.24, 2.45) is 0 Å². The number of amides is 1. The van der Waals surface area contributed by atoms with Gasteiger partial charge in [-0.15, -0.1) is 0 Å². The minimum Gasteiger partial charge on any atom is -0.410 e. The summed E-state index contributed by atoms with van der Waals surface area (Å²) in [5.74, 6) is 0.131. The van der Waals surface area contributed by atoms with E-state index in [4.69, 9.17) is 16.3 Å². The van der Waals surface area contributed by atoms with Crippen LogP contribution in [0.15, 0.2) is 54.6 Å². The van der Waals surface area contributed by atoms with Gasteiger partial charge in [0.15, 0.2) is 5.13 Å². The highest BCUT2D eigenvalue weighted by atomic mass is 35.5.